The molecule has 0 amide bonds. The lowest BCUT2D eigenvalue weighted by molar-refractivity contribution is 0.00441. The molecule has 1 aliphatic rings. The third-order valence-corrected chi connectivity index (χ3v) is 4.08. The highest BCUT2D eigenvalue weighted by Gasteiger charge is 2.19. The molecule has 0 aliphatic carbocycles. The van der Waals surface area contributed by atoms with Crippen LogP contribution in [0, 0.1) is 0 Å². The average molecular weight is 301 g/mol. The van der Waals surface area contributed by atoms with Gasteiger partial charge < -0.3 is 19.9 Å². The molecule has 3 unspecified atom stereocenters. The lowest BCUT2D eigenvalue weighted by Gasteiger charge is -2.28. The number of rotatable bonds is 12. The molecule has 0 bridgehead atoms. The minimum Gasteiger partial charge on any atom is -0.389 e. The summed E-state index contributed by atoms with van der Waals surface area (Å²) < 4.78 is 11.1. The fourth-order valence-electron chi connectivity index (χ4n) is 2.75. The summed E-state index contributed by atoms with van der Waals surface area (Å²) in [5.41, 5.74) is 0. The lowest BCUT2D eigenvalue weighted by Crippen LogP contribution is -2.42. The first-order chi connectivity index (χ1) is 10.2. The van der Waals surface area contributed by atoms with Crippen molar-refractivity contribution in [3.8, 4) is 0 Å². The monoisotopic (exact) mass is 301 g/mol. The van der Waals surface area contributed by atoms with E-state index in [1.54, 1.807) is 0 Å². The fraction of sp³-hybridized carbons (Fsp3) is 1.00. The number of aliphatic hydroxyl groups excluding tert-OH is 1. The SMILES string of the molecule is CCCCCCCCOCC(O)CNC1CCOC(C)C1. The van der Waals surface area contributed by atoms with Gasteiger partial charge in [0.05, 0.1) is 18.8 Å². The first kappa shape index (κ1) is 18.9. The Hall–Kier alpha value is -0.160. The van der Waals surface area contributed by atoms with Gasteiger partial charge in [0.25, 0.3) is 0 Å². The van der Waals surface area contributed by atoms with E-state index in [4.69, 9.17) is 9.47 Å². The van der Waals surface area contributed by atoms with E-state index in [1.165, 1.54) is 32.1 Å². The van der Waals surface area contributed by atoms with Crippen LogP contribution in [0.5, 0.6) is 0 Å². The van der Waals surface area contributed by atoms with E-state index in [-0.39, 0.29) is 0 Å². The Morgan fingerprint density at radius 1 is 1.24 bits per heavy atom. The first-order valence-electron chi connectivity index (χ1n) is 8.83. The van der Waals surface area contributed by atoms with Crippen molar-refractivity contribution in [3.05, 3.63) is 0 Å². The average Bonchev–Trinajstić information content (AvgIpc) is 2.48. The van der Waals surface area contributed by atoms with Crippen molar-refractivity contribution in [1.82, 2.24) is 5.32 Å². The molecule has 1 heterocycles. The molecular formula is C17H35NO3. The lowest BCUT2D eigenvalue weighted by atomic mass is 10.0. The van der Waals surface area contributed by atoms with Crippen LogP contribution >= 0.6 is 0 Å². The molecule has 0 aromatic rings. The summed E-state index contributed by atoms with van der Waals surface area (Å²) in [4.78, 5) is 0. The number of ether oxygens (including phenoxy) is 2. The van der Waals surface area contributed by atoms with E-state index in [0.29, 0.717) is 25.3 Å². The standard InChI is InChI=1S/C17H35NO3/c1-3-4-5-6-7-8-10-20-14-17(19)13-18-16-9-11-21-15(2)12-16/h15-19H,3-14H2,1-2H3. The molecule has 0 spiro atoms. The van der Waals surface area contributed by atoms with Crippen LogP contribution in [-0.2, 0) is 9.47 Å². The molecule has 1 aliphatic heterocycles. The van der Waals surface area contributed by atoms with Crippen molar-refractivity contribution < 1.29 is 14.6 Å². The zero-order chi connectivity index (χ0) is 15.3. The van der Waals surface area contributed by atoms with Gasteiger partial charge in [-0.2, -0.15) is 0 Å². The summed E-state index contributed by atoms with van der Waals surface area (Å²) >= 11 is 0. The Bertz CT molecular complexity index is 238. The van der Waals surface area contributed by atoms with Crippen molar-refractivity contribution in [1.29, 1.82) is 0 Å². The van der Waals surface area contributed by atoms with Crippen molar-refractivity contribution >= 4 is 0 Å². The van der Waals surface area contributed by atoms with Crippen LogP contribution in [0.3, 0.4) is 0 Å². The zero-order valence-electron chi connectivity index (χ0n) is 14.0. The summed E-state index contributed by atoms with van der Waals surface area (Å²) in [5.74, 6) is 0. The predicted octanol–water partition coefficient (Wildman–Crippen LogP) is 2.88. The van der Waals surface area contributed by atoms with Crippen molar-refractivity contribution in [3.63, 3.8) is 0 Å². The van der Waals surface area contributed by atoms with Gasteiger partial charge in [-0.25, -0.2) is 0 Å². The van der Waals surface area contributed by atoms with Gasteiger partial charge in [0.15, 0.2) is 0 Å². The maximum Gasteiger partial charge on any atom is 0.0897 e. The quantitative estimate of drug-likeness (QED) is 0.544. The van der Waals surface area contributed by atoms with E-state index < -0.39 is 6.10 Å². The summed E-state index contributed by atoms with van der Waals surface area (Å²) in [6.07, 6.45) is 9.64. The maximum atomic E-state index is 9.90. The van der Waals surface area contributed by atoms with Gasteiger partial charge in [-0.05, 0) is 26.2 Å². The van der Waals surface area contributed by atoms with Crippen molar-refractivity contribution in [2.24, 2.45) is 0 Å². The third kappa shape index (κ3) is 10.2. The Morgan fingerprint density at radius 2 is 2.00 bits per heavy atom. The summed E-state index contributed by atoms with van der Waals surface area (Å²) in [6, 6.07) is 0.474. The van der Waals surface area contributed by atoms with Gasteiger partial charge in [-0.3, -0.25) is 0 Å². The van der Waals surface area contributed by atoms with Crippen LogP contribution in [0.4, 0.5) is 0 Å². The van der Waals surface area contributed by atoms with Gasteiger partial charge in [0.1, 0.15) is 0 Å². The second-order valence-corrected chi connectivity index (χ2v) is 6.31. The number of unbranched alkanes of at least 4 members (excludes halogenated alkanes) is 5. The Balaban J connectivity index is 1.88. The van der Waals surface area contributed by atoms with Crippen LogP contribution in [0.1, 0.15) is 65.2 Å². The van der Waals surface area contributed by atoms with Crippen LogP contribution in [-0.4, -0.2) is 49.7 Å². The minimum absolute atomic E-state index is 0.331. The molecule has 1 rings (SSSR count). The minimum atomic E-state index is -0.400. The second kappa shape index (κ2) is 12.4. The zero-order valence-corrected chi connectivity index (χ0v) is 14.0. The Morgan fingerprint density at radius 3 is 2.76 bits per heavy atom. The number of hydrogen-bond donors (Lipinski definition) is 2. The number of nitrogens with one attached hydrogen (secondary N) is 1. The third-order valence-electron chi connectivity index (χ3n) is 4.08. The van der Waals surface area contributed by atoms with Gasteiger partial charge in [0.2, 0.25) is 0 Å². The molecule has 126 valence electrons. The largest absolute Gasteiger partial charge is 0.389 e. The smallest absolute Gasteiger partial charge is 0.0897 e. The molecule has 0 radical (unpaired) electrons. The van der Waals surface area contributed by atoms with Crippen molar-refractivity contribution in [2.45, 2.75) is 83.5 Å². The topological polar surface area (TPSA) is 50.7 Å². The van der Waals surface area contributed by atoms with E-state index in [9.17, 15) is 5.11 Å². The molecule has 4 heteroatoms. The normalized spacial score (nSPS) is 24.1. The predicted molar refractivity (Wildman–Crippen MR) is 86.6 cm³/mol. The van der Waals surface area contributed by atoms with Crippen molar-refractivity contribution in [2.75, 3.05) is 26.4 Å². The maximum absolute atomic E-state index is 9.90. The first-order valence-corrected chi connectivity index (χ1v) is 8.83. The number of aliphatic hydroxyl groups is 1. The highest BCUT2D eigenvalue weighted by molar-refractivity contribution is 4.75. The fourth-order valence-corrected chi connectivity index (χ4v) is 2.75. The molecule has 0 aromatic heterocycles. The molecule has 0 aromatic carbocycles. The van der Waals surface area contributed by atoms with Gasteiger partial charge in [-0.1, -0.05) is 39.0 Å². The van der Waals surface area contributed by atoms with Gasteiger partial charge in [-0.15, -0.1) is 0 Å². The Kier molecular flexibility index (Phi) is 11.1. The second-order valence-electron chi connectivity index (χ2n) is 6.31. The molecule has 4 nitrogen and oxygen atoms in total. The Labute approximate surface area is 130 Å². The van der Waals surface area contributed by atoms with Crippen LogP contribution in [0.25, 0.3) is 0 Å². The van der Waals surface area contributed by atoms with E-state index in [0.717, 1.165) is 32.5 Å². The van der Waals surface area contributed by atoms with Crippen LogP contribution < -0.4 is 5.32 Å². The highest BCUT2D eigenvalue weighted by atomic mass is 16.5. The van der Waals surface area contributed by atoms with Crippen LogP contribution in [0.15, 0.2) is 0 Å². The van der Waals surface area contributed by atoms with E-state index in [1.807, 2.05) is 0 Å². The summed E-state index contributed by atoms with van der Waals surface area (Å²) in [6.45, 7) is 7.00. The summed E-state index contributed by atoms with van der Waals surface area (Å²) in [5, 5.41) is 13.3. The molecule has 2 N–H and O–H groups in total. The van der Waals surface area contributed by atoms with E-state index in [2.05, 4.69) is 19.2 Å². The molecule has 21 heavy (non-hydrogen) atoms. The van der Waals surface area contributed by atoms with E-state index >= 15 is 0 Å². The highest BCUT2D eigenvalue weighted by Crippen LogP contribution is 2.13. The summed E-state index contributed by atoms with van der Waals surface area (Å²) in [7, 11) is 0. The number of hydrogen-bond acceptors (Lipinski definition) is 4. The van der Waals surface area contributed by atoms with Gasteiger partial charge in [0, 0.05) is 25.8 Å². The van der Waals surface area contributed by atoms with Gasteiger partial charge >= 0.3 is 0 Å². The molecule has 0 saturated carbocycles. The molecule has 1 saturated heterocycles. The van der Waals surface area contributed by atoms with Crippen LogP contribution in [0.2, 0.25) is 0 Å². The molecule has 3 atom stereocenters. The molecule has 1 fully saturated rings. The molecular weight excluding hydrogens is 266 g/mol.